The fourth-order valence-corrected chi connectivity index (χ4v) is 4.49. The lowest BCUT2D eigenvalue weighted by Crippen LogP contribution is -2.56. The lowest BCUT2D eigenvalue weighted by molar-refractivity contribution is -0.139. The van der Waals surface area contributed by atoms with E-state index in [9.17, 15) is 14.0 Å². The maximum absolute atomic E-state index is 13.0. The molecule has 0 bridgehead atoms. The zero-order valence-corrected chi connectivity index (χ0v) is 15.8. The second-order valence-corrected chi connectivity index (χ2v) is 8.53. The molecule has 0 radical (unpaired) electrons. The summed E-state index contributed by atoms with van der Waals surface area (Å²) in [4.78, 5) is 28.9. The van der Waals surface area contributed by atoms with Crippen LogP contribution in [0.1, 0.15) is 44.1 Å². The lowest BCUT2D eigenvalue weighted by atomic mass is 9.73. The van der Waals surface area contributed by atoms with Gasteiger partial charge in [-0.05, 0) is 55.7 Å². The number of rotatable bonds is 4. The third-order valence-corrected chi connectivity index (χ3v) is 6.23. The smallest absolute Gasteiger partial charge is 0.317 e. The molecule has 0 aromatic heterocycles. The van der Waals surface area contributed by atoms with E-state index >= 15 is 0 Å². The Morgan fingerprint density at radius 1 is 1.19 bits per heavy atom. The molecular formula is C21H28FN3O2. The Balaban J connectivity index is 1.34. The summed E-state index contributed by atoms with van der Waals surface area (Å²) in [7, 11) is 0. The highest BCUT2D eigenvalue weighted by molar-refractivity contribution is 5.77. The van der Waals surface area contributed by atoms with Crippen molar-refractivity contribution in [2.24, 2.45) is 11.3 Å². The number of carbonyl (C=O) groups excluding carboxylic acids is 2. The van der Waals surface area contributed by atoms with Gasteiger partial charge in [-0.25, -0.2) is 9.18 Å². The number of carbonyl (C=O) groups is 2. The predicted molar refractivity (Wildman–Crippen MR) is 100 cm³/mol. The Bertz CT molecular complexity index is 704. The van der Waals surface area contributed by atoms with Crippen LogP contribution in [0.5, 0.6) is 0 Å². The van der Waals surface area contributed by atoms with E-state index < -0.39 is 0 Å². The van der Waals surface area contributed by atoms with Crippen LogP contribution in [-0.2, 0) is 11.3 Å². The Morgan fingerprint density at radius 3 is 2.70 bits per heavy atom. The van der Waals surface area contributed by atoms with Gasteiger partial charge in [0.25, 0.3) is 0 Å². The Labute approximate surface area is 159 Å². The van der Waals surface area contributed by atoms with Gasteiger partial charge in [-0.3, -0.25) is 4.79 Å². The molecule has 3 amide bonds. The summed E-state index contributed by atoms with van der Waals surface area (Å²) in [6, 6.07) is 6.13. The van der Waals surface area contributed by atoms with Crippen molar-refractivity contribution in [3.05, 3.63) is 35.6 Å². The first-order chi connectivity index (χ1) is 13.0. The highest BCUT2D eigenvalue weighted by Gasteiger charge is 2.43. The molecule has 27 heavy (non-hydrogen) atoms. The van der Waals surface area contributed by atoms with E-state index in [1.54, 1.807) is 12.1 Å². The third-order valence-electron chi connectivity index (χ3n) is 6.23. The second-order valence-electron chi connectivity index (χ2n) is 8.53. The fourth-order valence-electron chi connectivity index (χ4n) is 4.49. The van der Waals surface area contributed by atoms with Crippen LogP contribution in [0.3, 0.4) is 0 Å². The number of likely N-dealkylation sites (tertiary alicyclic amines) is 2. The quantitative estimate of drug-likeness (QED) is 0.881. The van der Waals surface area contributed by atoms with Crippen LogP contribution in [-0.4, -0.2) is 47.9 Å². The van der Waals surface area contributed by atoms with Crippen LogP contribution in [0, 0.1) is 17.2 Å². The molecule has 0 unspecified atom stereocenters. The van der Waals surface area contributed by atoms with Crippen LogP contribution in [0.2, 0.25) is 0 Å². The molecule has 2 aliphatic heterocycles. The molecule has 146 valence electrons. The zero-order chi connectivity index (χ0) is 18.9. The molecule has 1 aromatic carbocycles. The third kappa shape index (κ3) is 4.42. The van der Waals surface area contributed by atoms with E-state index in [2.05, 4.69) is 10.2 Å². The molecule has 1 atom stereocenters. The van der Waals surface area contributed by atoms with Crippen molar-refractivity contribution in [3.63, 3.8) is 0 Å². The van der Waals surface area contributed by atoms with E-state index in [1.807, 2.05) is 4.90 Å². The number of urea groups is 1. The molecular weight excluding hydrogens is 345 g/mol. The number of amides is 3. The fraction of sp³-hybridized carbons (Fsp3) is 0.619. The molecule has 1 N–H and O–H groups in total. The number of nitrogens with one attached hydrogen (secondary N) is 1. The van der Waals surface area contributed by atoms with Gasteiger partial charge in [0, 0.05) is 44.6 Å². The molecule has 1 spiro atoms. The van der Waals surface area contributed by atoms with Crippen molar-refractivity contribution in [2.45, 2.75) is 45.1 Å². The van der Waals surface area contributed by atoms with Crippen molar-refractivity contribution < 1.29 is 14.0 Å². The summed E-state index contributed by atoms with van der Waals surface area (Å²) in [5, 5.41) is 2.96. The normalized spacial score (nSPS) is 25.7. The summed E-state index contributed by atoms with van der Waals surface area (Å²) in [6.07, 6.45) is 6.05. The van der Waals surface area contributed by atoms with Crippen molar-refractivity contribution in [1.82, 2.24) is 15.1 Å². The molecule has 1 aliphatic carbocycles. The van der Waals surface area contributed by atoms with Gasteiger partial charge in [-0.2, -0.15) is 0 Å². The maximum Gasteiger partial charge on any atom is 0.317 e. The second kappa shape index (κ2) is 7.49. The zero-order valence-electron chi connectivity index (χ0n) is 15.8. The number of halogens is 1. The molecule has 5 nitrogen and oxygen atoms in total. The first-order valence-corrected chi connectivity index (χ1v) is 10.1. The summed E-state index contributed by atoms with van der Waals surface area (Å²) in [5.74, 6) is 0.707. The molecule has 2 saturated heterocycles. The highest BCUT2D eigenvalue weighted by Crippen LogP contribution is 2.40. The van der Waals surface area contributed by atoms with Crippen molar-refractivity contribution >= 4 is 11.9 Å². The molecule has 3 aliphatic rings. The van der Waals surface area contributed by atoms with Crippen LogP contribution >= 0.6 is 0 Å². The van der Waals surface area contributed by atoms with E-state index in [4.69, 9.17) is 0 Å². The van der Waals surface area contributed by atoms with Crippen LogP contribution in [0.25, 0.3) is 0 Å². The molecule has 3 fully saturated rings. The number of benzene rings is 1. The van der Waals surface area contributed by atoms with E-state index in [-0.39, 0.29) is 23.2 Å². The van der Waals surface area contributed by atoms with Gasteiger partial charge in [0.05, 0.1) is 0 Å². The minimum absolute atomic E-state index is 0.0499. The van der Waals surface area contributed by atoms with Gasteiger partial charge in [0.15, 0.2) is 0 Å². The minimum Gasteiger partial charge on any atom is -0.342 e. The van der Waals surface area contributed by atoms with E-state index in [1.165, 1.54) is 25.0 Å². The molecule has 1 aromatic rings. The number of piperidine rings is 2. The van der Waals surface area contributed by atoms with Crippen molar-refractivity contribution in [2.75, 3.05) is 26.2 Å². The molecule has 6 heteroatoms. The van der Waals surface area contributed by atoms with Gasteiger partial charge >= 0.3 is 6.03 Å². The van der Waals surface area contributed by atoms with Crippen molar-refractivity contribution in [1.29, 1.82) is 0 Å². The van der Waals surface area contributed by atoms with Gasteiger partial charge < -0.3 is 15.1 Å². The Morgan fingerprint density at radius 2 is 1.96 bits per heavy atom. The Kier molecular flexibility index (Phi) is 5.06. The molecule has 1 saturated carbocycles. The summed E-state index contributed by atoms with van der Waals surface area (Å²) in [5.41, 5.74) is 0.934. The van der Waals surface area contributed by atoms with E-state index in [0.29, 0.717) is 18.9 Å². The van der Waals surface area contributed by atoms with Crippen LogP contribution in [0.4, 0.5) is 9.18 Å². The van der Waals surface area contributed by atoms with E-state index in [0.717, 1.165) is 51.0 Å². The SMILES string of the molecule is O=C1CC[C@]2(CCCN(C(=O)NCc3ccc(F)cc3)C2)CN1CC1CC1. The standard InChI is InChI=1S/C21H28FN3O2/c22-18-6-4-16(5-7-18)12-23-20(27)24-11-1-9-21(14-24)10-8-19(26)25(15-21)13-17-2-3-17/h4-7,17H,1-3,8-15H2,(H,23,27)/t21-/m0/s1. The predicted octanol–water partition coefficient (Wildman–Crippen LogP) is 3.15. The van der Waals surface area contributed by atoms with Gasteiger partial charge in [0.2, 0.25) is 5.91 Å². The first kappa shape index (κ1) is 18.3. The average Bonchev–Trinajstić information content (AvgIpc) is 3.48. The summed E-state index contributed by atoms with van der Waals surface area (Å²) >= 11 is 0. The number of hydrogen-bond acceptors (Lipinski definition) is 2. The maximum atomic E-state index is 13.0. The van der Waals surface area contributed by atoms with Gasteiger partial charge in [-0.15, -0.1) is 0 Å². The monoisotopic (exact) mass is 373 g/mol. The highest BCUT2D eigenvalue weighted by atomic mass is 19.1. The first-order valence-electron chi connectivity index (χ1n) is 10.1. The topological polar surface area (TPSA) is 52.7 Å². The molecule has 2 heterocycles. The van der Waals surface area contributed by atoms with Crippen LogP contribution < -0.4 is 5.32 Å². The number of hydrogen-bond donors (Lipinski definition) is 1. The lowest BCUT2D eigenvalue weighted by Gasteiger charge is -2.48. The Hall–Kier alpha value is -2.11. The number of nitrogens with zero attached hydrogens (tertiary/aromatic N) is 2. The summed E-state index contributed by atoms with van der Waals surface area (Å²) < 4.78 is 13.0. The van der Waals surface area contributed by atoms with Gasteiger partial charge in [-0.1, -0.05) is 12.1 Å². The van der Waals surface area contributed by atoms with Crippen LogP contribution in [0.15, 0.2) is 24.3 Å². The minimum atomic E-state index is -0.273. The summed E-state index contributed by atoms with van der Waals surface area (Å²) in [6.45, 7) is 3.57. The van der Waals surface area contributed by atoms with Crippen molar-refractivity contribution in [3.8, 4) is 0 Å². The average molecular weight is 373 g/mol. The van der Waals surface area contributed by atoms with Gasteiger partial charge in [0.1, 0.15) is 5.82 Å². The molecule has 4 rings (SSSR count). The largest absolute Gasteiger partial charge is 0.342 e.